The maximum absolute atomic E-state index is 2.82. The SMILES string of the molecule is Cl.PC1CCC1. The minimum atomic E-state index is 0. The molecule has 0 bridgehead atoms. The summed E-state index contributed by atoms with van der Waals surface area (Å²) in [4.78, 5) is 0. The van der Waals surface area contributed by atoms with E-state index in [2.05, 4.69) is 9.24 Å². The molecule has 0 aromatic carbocycles. The number of hydrogen-bond donors (Lipinski definition) is 0. The standard InChI is InChI=1S/C4H9P.ClH/c5-4-2-1-3-4;/h4H,1-3,5H2;1H. The molecule has 0 aromatic rings. The summed E-state index contributed by atoms with van der Waals surface area (Å²) in [6, 6.07) is 0. The van der Waals surface area contributed by atoms with Crippen LogP contribution in [0.2, 0.25) is 0 Å². The van der Waals surface area contributed by atoms with Gasteiger partial charge < -0.3 is 0 Å². The number of halogens is 1. The summed E-state index contributed by atoms with van der Waals surface area (Å²) < 4.78 is 0. The van der Waals surface area contributed by atoms with E-state index in [1.165, 1.54) is 19.3 Å². The zero-order valence-corrected chi connectivity index (χ0v) is 5.66. The molecule has 0 N–H and O–H groups in total. The fourth-order valence-electron chi connectivity index (χ4n) is 0.440. The molecule has 0 amide bonds. The van der Waals surface area contributed by atoms with Crippen LogP contribution in [0.1, 0.15) is 19.3 Å². The van der Waals surface area contributed by atoms with Crippen LogP contribution in [0, 0.1) is 0 Å². The second kappa shape index (κ2) is 2.82. The lowest BCUT2D eigenvalue weighted by Gasteiger charge is -2.18. The molecule has 38 valence electrons. The lowest BCUT2D eigenvalue weighted by Crippen LogP contribution is -2.07. The molecular formula is C4H10ClP. The quantitative estimate of drug-likeness (QED) is 0.433. The summed E-state index contributed by atoms with van der Waals surface area (Å²) in [7, 11) is 2.82. The Morgan fingerprint density at radius 1 is 1.33 bits per heavy atom. The predicted octanol–water partition coefficient (Wildman–Crippen LogP) is 1.84. The highest BCUT2D eigenvalue weighted by Crippen LogP contribution is 2.25. The normalized spacial score (nSPS) is 21.5. The maximum atomic E-state index is 2.82. The van der Waals surface area contributed by atoms with Crippen molar-refractivity contribution >= 4 is 21.6 Å². The molecule has 0 heterocycles. The Labute approximate surface area is 47.3 Å². The molecule has 6 heavy (non-hydrogen) atoms. The Morgan fingerprint density at radius 3 is 1.67 bits per heavy atom. The lowest BCUT2D eigenvalue weighted by molar-refractivity contribution is 0.522. The monoisotopic (exact) mass is 124 g/mol. The fourth-order valence-corrected chi connectivity index (χ4v) is 0.911. The van der Waals surface area contributed by atoms with Crippen molar-refractivity contribution in [3.8, 4) is 0 Å². The predicted molar refractivity (Wildman–Crippen MR) is 34.6 cm³/mol. The van der Waals surface area contributed by atoms with Gasteiger partial charge in [0.15, 0.2) is 0 Å². The third-order valence-electron chi connectivity index (χ3n) is 1.15. The van der Waals surface area contributed by atoms with Gasteiger partial charge in [-0.05, 0) is 18.5 Å². The minimum Gasteiger partial charge on any atom is -0.147 e. The van der Waals surface area contributed by atoms with Gasteiger partial charge in [-0.25, -0.2) is 0 Å². The van der Waals surface area contributed by atoms with Crippen LogP contribution in [0.5, 0.6) is 0 Å². The summed E-state index contributed by atoms with van der Waals surface area (Å²) in [6.45, 7) is 0. The van der Waals surface area contributed by atoms with E-state index in [9.17, 15) is 0 Å². The van der Waals surface area contributed by atoms with E-state index < -0.39 is 0 Å². The molecule has 1 aliphatic carbocycles. The second-order valence-corrected chi connectivity index (χ2v) is 2.63. The molecule has 2 heteroatoms. The highest BCUT2D eigenvalue weighted by atomic mass is 35.5. The van der Waals surface area contributed by atoms with Gasteiger partial charge in [-0.15, -0.1) is 21.6 Å². The molecule has 0 nitrogen and oxygen atoms in total. The van der Waals surface area contributed by atoms with E-state index in [4.69, 9.17) is 0 Å². The van der Waals surface area contributed by atoms with Crippen molar-refractivity contribution in [1.82, 2.24) is 0 Å². The van der Waals surface area contributed by atoms with Gasteiger partial charge in [-0.1, -0.05) is 6.42 Å². The van der Waals surface area contributed by atoms with Gasteiger partial charge in [0.25, 0.3) is 0 Å². The Balaban J connectivity index is 0.000000250. The first kappa shape index (κ1) is 6.72. The molecule has 1 rings (SSSR count). The van der Waals surface area contributed by atoms with Gasteiger partial charge in [0.05, 0.1) is 0 Å². The molecule has 1 unspecified atom stereocenters. The van der Waals surface area contributed by atoms with Crippen LogP contribution < -0.4 is 0 Å². The first-order chi connectivity index (χ1) is 2.39. The van der Waals surface area contributed by atoms with E-state index in [0.29, 0.717) is 0 Å². The van der Waals surface area contributed by atoms with Crippen molar-refractivity contribution in [1.29, 1.82) is 0 Å². The third-order valence-corrected chi connectivity index (χ3v) is 1.82. The second-order valence-electron chi connectivity index (χ2n) is 1.69. The zero-order chi connectivity index (χ0) is 3.70. The Morgan fingerprint density at radius 2 is 1.67 bits per heavy atom. The van der Waals surface area contributed by atoms with E-state index in [-0.39, 0.29) is 12.4 Å². The average Bonchev–Trinajstić information content (AvgIpc) is 1.30. The molecule has 1 saturated carbocycles. The molecule has 1 fully saturated rings. The molecule has 0 radical (unpaired) electrons. The lowest BCUT2D eigenvalue weighted by atomic mass is 10.00. The maximum Gasteiger partial charge on any atom is -0.0264 e. The van der Waals surface area contributed by atoms with Crippen LogP contribution in [0.3, 0.4) is 0 Å². The first-order valence-electron chi connectivity index (χ1n) is 2.15. The Hall–Kier alpha value is 0.720. The summed E-state index contributed by atoms with van der Waals surface area (Å²) in [6.07, 6.45) is 4.36. The van der Waals surface area contributed by atoms with Crippen LogP contribution in [0.15, 0.2) is 0 Å². The molecule has 0 aromatic heterocycles. The highest BCUT2D eigenvalue weighted by molar-refractivity contribution is 7.17. The smallest absolute Gasteiger partial charge is 0.0264 e. The Kier molecular flexibility index (Phi) is 3.16. The van der Waals surface area contributed by atoms with Gasteiger partial charge in [-0.2, -0.15) is 0 Å². The van der Waals surface area contributed by atoms with Crippen molar-refractivity contribution in [3.05, 3.63) is 0 Å². The molecule has 1 atom stereocenters. The minimum absolute atomic E-state index is 0. The molecule has 0 aliphatic heterocycles. The summed E-state index contributed by atoms with van der Waals surface area (Å²) >= 11 is 0. The van der Waals surface area contributed by atoms with Crippen LogP contribution in [0.25, 0.3) is 0 Å². The van der Waals surface area contributed by atoms with Crippen LogP contribution in [-0.2, 0) is 0 Å². The van der Waals surface area contributed by atoms with Gasteiger partial charge in [0.1, 0.15) is 0 Å². The van der Waals surface area contributed by atoms with E-state index in [1.807, 2.05) is 0 Å². The molecule has 0 saturated heterocycles. The molecular weight excluding hydrogens is 114 g/mol. The number of rotatable bonds is 0. The largest absolute Gasteiger partial charge is 0.147 e. The van der Waals surface area contributed by atoms with Crippen LogP contribution in [-0.4, -0.2) is 5.66 Å². The topological polar surface area (TPSA) is 0 Å². The summed E-state index contributed by atoms with van der Waals surface area (Å²) in [5, 5.41) is 0. The summed E-state index contributed by atoms with van der Waals surface area (Å²) in [5.74, 6) is 0. The van der Waals surface area contributed by atoms with Gasteiger partial charge in [0, 0.05) is 0 Å². The number of hydrogen-bond acceptors (Lipinski definition) is 0. The van der Waals surface area contributed by atoms with Gasteiger partial charge in [-0.3, -0.25) is 0 Å². The van der Waals surface area contributed by atoms with Crippen molar-refractivity contribution in [2.24, 2.45) is 0 Å². The van der Waals surface area contributed by atoms with Gasteiger partial charge in [0.2, 0.25) is 0 Å². The molecule has 1 aliphatic rings. The van der Waals surface area contributed by atoms with Crippen molar-refractivity contribution < 1.29 is 0 Å². The third kappa shape index (κ3) is 1.45. The zero-order valence-electron chi connectivity index (χ0n) is 3.68. The van der Waals surface area contributed by atoms with Crippen LogP contribution >= 0.6 is 21.6 Å². The van der Waals surface area contributed by atoms with Gasteiger partial charge >= 0.3 is 0 Å². The van der Waals surface area contributed by atoms with E-state index in [0.717, 1.165) is 5.66 Å². The van der Waals surface area contributed by atoms with Crippen molar-refractivity contribution in [2.75, 3.05) is 0 Å². The average molecular weight is 125 g/mol. The van der Waals surface area contributed by atoms with Crippen molar-refractivity contribution in [3.63, 3.8) is 0 Å². The van der Waals surface area contributed by atoms with Crippen molar-refractivity contribution in [2.45, 2.75) is 24.9 Å². The highest BCUT2D eigenvalue weighted by Gasteiger charge is 2.09. The molecule has 0 spiro atoms. The fraction of sp³-hybridized carbons (Fsp3) is 1.00. The first-order valence-corrected chi connectivity index (χ1v) is 2.82. The van der Waals surface area contributed by atoms with E-state index >= 15 is 0 Å². The van der Waals surface area contributed by atoms with E-state index in [1.54, 1.807) is 0 Å². The Bertz CT molecular complexity index is 34.5. The summed E-state index contributed by atoms with van der Waals surface area (Å²) in [5.41, 5.74) is 0.981. The van der Waals surface area contributed by atoms with Crippen LogP contribution in [0.4, 0.5) is 0 Å².